The number of hydrogen-bond acceptors (Lipinski definition) is 2. The Hall–Kier alpha value is -3.27. The number of aliphatic carboxylic acids is 1. The van der Waals surface area contributed by atoms with Crippen LogP contribution >= 0.6 is 0 Å². The lowest BCUT2D eigenvalue weighted by Gasteiger charge is -2.16. The predicted molar refractivity (Wildman–Crippen MR) is 92.7 cm³/mol. The highest BCUT2D eigenvalue weighted by Crippen LogP contribution is 2.29. The fourth-order valence-corrected chi connectivity index (χ4v) is 2.37. The highest BCUT2D eigenvalue weighted by molar-refractivity contribution is 5.94. The molecule has 0 aliphatic rings. The molecule has 1 atom stereocenters. The molecule has 0 spiro atoms. The van der Waals surface area contributed by atoms with Gasteiger partial charge in [-0.25, -0.2) is 0 Å². The molecule has 0 aliphatic heterocycles. The normalized spacial score (nSPS) is 11.8. The first-order chi connectivity index (χ1) is 12.7. The van der Waals surface area contributed by atoms with Crippen LogP contribution in [0.15, 0.2) is 54.6 Å². The smallest absolute Gasteiger partial charge is 0.416 e. The molecule has 0 heterocycles. The van der Waals surface area contributed by atoms with Gasteiger partial charge >= 0.3 is 12.1 Å². The molecule has 0 fully saturated rings. The van der Waals surface area contributed by atoms with E-state index in [0.717, 1.165) is 12.1 Å². The fraction of sp³-hybridized carbons (Fsp3) is 0.200. The first-order valence-electron chi connectivity index (χ1n) is 7.99. The second-order valence-corrected chi connectivity index (χ2v) is 5.78. The van der Waals surface area contributed by atoms with Crippen LogP contribution in [0.4, 0.5) is 13.2 Å². The highest BCUT2D eigenvalue weighted by atomic mass is 19.4. The van der Waals surface area contributed by atoms with Crippen molar-refractivity contribution in [3.05, 3.63) is 71.3 Å². The number of benzene rings is 2. The molecule has 2 aromatic rings. The molecule has 4 nitrogen and oxygen atoms in total. The molecule has 0 saturated heterocycles. The van der Waals surface area contributed by atoms with E-state index in [2.05, 4.69) is 17.2 Å². The number of amides is 1. The third kappa shape index (κ3) is 6.86. The van der Waals surface area contributed by atoms with E-state index in [1.54, 1.807) is 30.3 Å². The number of rotatable bonds is 5. The summed E-state index contributed by atoms with van der Waals surface area (Å²) in [6, 6.07) is 12.3. The van der Waals surface area contributed by atoms with Gasteiger partial charge in [0.05, 0.1) is 12.0 Å². The van der Waals surface area contributed by atoms with E-state index >= 15 is 0 Å². The summed E-state index contributed by atoms with van der Waals surface area (Å²) in [5.74, 6) is 3.24. The van der Waals surface area contributed by atoms with Gasteiger partial charge in [0.25, 0.3) is 5.91 Å². The Kier molecular flexibility index (Phi) is 6.61. The van der Waals surface area contributed by atoms with E-state index in [4.69, 9.17) is 5.11 Å². The van der Waals surface area contributed by atoms with Gasteiger partial charge in [0.2, 0.25) is 0 Å². The van der Waals surface area contributed by atoms with Gasteiger partial charge in [-0.15, -0.1) is 0 Å². The van der Waals surface area contributed by atoms with Crippen LogP contribution in [0.1, 0.15) is 23.1 Å². The van der Waals surface area contributed by atoms with Gasteiger partial charge < -0.3 is 10.4 Å². The molecule has 2 aromatic carbocycles. The van der Waals surface area contributed by atoms with Gasteiger partial charge in [-0.1, -0.05) is 36.3 Å². The lowest BCUT2D eigenvalue weighted by atomic mass is 10.0. The van der Waals surface area contributed by atoms with E-state index in [9.17, 15) is 22.8 Å². The zero-order chi connectivity index (χ0) is 19.9. The minimum Gasteiger partial charge on any atom is -0.481 e. The van der Waals surface area contributed by atoms with Crippen molar-refractivity contribution in [2.45, 2.75) is 25.1 Å². The lowest BCUT2D eigenvalue weighted by Crippen LogP contribution is -2.37. The van der Waals surface area contributed by atoms with Crippen LogP contribution in [-0.4, -0.2) is 23.0 Å². The summed E-state index contributed by atoms with van der Waals surface area (Å²) < 4.78 is 37.8. The lowest BCUT2D eigenvalue weighted by molar-refractivity contribution is -0.138. The summed E-state index contributed by atoms with van der Waals surface area (Å²) in [5.41, 5.74) is 0.314. The Morgan fingerprint density at radius 2 is 1.67 bits per heavy atom. The third-order valence-corrected chi connectivity index (χ3v) is 3.61. The van der Waals surface area contributed by atoms with Gasteiger partial charge in [-0.3, -0.25) is 9.59 Å². The molecule has 1 amide bonds. The van der Waals surface area contributed by atoms with Crippen molar-refractivity contribution in [1.29, 1.82) is 0 Å². The van der Waals surface area contributed by atoms with Crippen LogP contribution in [0, 0.1) is 11.8 Å². The first-order valence-corrected chi connectivity index (χ1v) is 7.99. The predicted octanol–water partition coefficient (Wildman–Crippen LogP) is 3.26. The molecule has 27 heavy (non-hydrogen) atoms. The molecule has 7 heteroatoms. The maximum absolute atomic E-state index is 12.6. The van der Waals surface area contributed by atoms with Crippen molar-refractivity contribution in [3.63, 3.8) is 0 Å². The quantitative estimate of drug-likeness (QED) is 0.789. The van der Waals surface area contributed by atoms with Crippen molar-refractivity contribution in [3.8, 4) is 11.8 Å². The Bertz CT molecular complexity index is 850. The highest BCUT2D eigenvalue weighted by Gasteiger charge is 2.30. The third-order valence-electron chi connectivity index (χ3n) is 3.61. The maximum atomic E-state index is 12.6. The van der Waals surface area contributed by atoms with E-state index in [1.165, 1.54) is 12.1 Å². The molecule has 2 N–H and O–H groups in total. The molecule has 0 aliphatic carbocycles. The zero-order valence-electron chi connectivity index (χ0n) is 14.1. The number of carboxylic acids is 1. The summed E-state index contributed by atoms with van der Waals surface area (Å²) in [4.78, 5) is 23.0. The van der Waals surface area contributed by atoms with E-state index in [0.29, 0.717) is 11.1 Å². The van der Waals surface area contributed by atoms with Crippen LogP contribution in [0.25, 0.3) is 0 Å². The number of nitrogens with one attached hydrogen (secondary N) is 1. The van der Waals surface area contributed by atoms with Crippen molar-refractivity contribution in [1.82, 2.24) is 5.32 Å². The number of alkyl halides is 3. The first kappa shape index (κ1) is 20.0. The number of halogens is 3. The average molecular weight is 375 g/mol. The largest absolute Gasteiger partial charge is 0.481 e. The van der Waals surface area contributed by atoms with Crippen LogP contribution in [0.2, 0.25) is 0 Å². The number of hydrogen-bond donors (Lipinski definition) is 2. The molecule has 0 aromatic heterocycles. The Morgan fingerprint density at radius 1 is 1.04 bits per heavy atom. The summed E-state index contributed by atoms with van der Waals surface area (Å²) in [7, 11) is 0. The van der Waals surface area contributed by atoms with Gasteiger partial charge in [0.1, 0.15) is 0 Å². The van der Waals surface area contributed by atoms with Crippen molar-refractivity contribution >= 4 is 11.9 Å². The summed E-state index contributed by atoms with van der Waals surface area (Å²) in [6.45, 7) is 0. The molecule has 2 rings (SSSR count). The van der Waals surface area contributed by atoms with E-state index in [1.807, 2.05) is 0 Å². The molecule has 0 saturated carbocycles. The molecular weight excluding hydrogens is 359 g/mol. The molecule has 140 valence electrons. The summed E-state index contributed by atoms with van der Waals surface area (Å²) in [6.07, 6.45) is -4.75. The number of carbonyl (C=O) groups is 2. The van der Waals surface area contributed by atoms with Gasteiger partial charge in [-0.05, 0) is 36.2 Å². The number of carbonyl (C=O) groups excluding carboxylic acids is 1. The molecular formula is C20H16F3NO3. The standard InChI is InChI=1S/C20H16F3NO3/c21-20(22,23)16-9-6-15(7-10-16)12-17(13-19(26)27)24-18(25)11-8-14-4-2-1-3-5-14/h1-7,9-10,17H,12-13H2,(H,24,25)(H,26,27)/t17-/m0/s1. The second kappa shape index (κ2) is 8.90. The Labute approximate surface area is 154 Å². The summed E-state index contributed by atoms with van der Waals surface area (Å²) >= 11 is 0. The average Bonchev–Trinajstić information content (AvgIpc) is 2.60. The monoisotopic (exact) mass is 375 g/mol. The van der Waals surface area contributed by atoms with Gasteiger partial charge in [0, 0.05) is 17.5 Å². The summed E-state index contributed by atoms with van der Waals surface area (Å²) in [5, 5.41) is 11.5. The van der Waals surface area contributed by atoms with Crippen molar-refractivity contribution in [2.24, 2.45) is 0 Å². The Balaban J connectivity index is 2.05. The van der Waals surface area contributed by atoms with Crippen LogP contribution in [0.3, 0.4) is 0 Å². The molecule has 0 unspecified atom stereocenters. The van der Waals surface area contributed by atoms with Gasteiger partial charge in [-0.2, -0.15) is 13.2 Å². The fourth-order valence-electron chi connectivity index (χ4n) is 2.37. The maximum Gasteiger partial charge on any atom is 0.416 e. The van der Waals surface area contributed by atoms with Crippen molar-refractivity contribution in [2.75, 3.05) is 0 Å². The van der Waals surface area contributed by atoms with Crippen LogP contribution in [-0.2, 0) is 22.2 Å². The SMILES string of the molecule is O=C(O)C[C@H](Cc1ccc(C(F)(F)F)cc1)NC(=O)C#Cc1ccccc1. The van der Waals surface area contributed by atoms with Crippen molar-refractivity contribution < 1.29 is 27.9 Å². The Morgan fingerprint density at radius 3 is 2.22 bits per heavy atom. The topological polar surface area (TPSA) is 66.4 Å². The zero-order valence-corrected chi connectivity index (χ0v) is 14.1. The second-order valence-electron chi connectivity index (χ2n) is 5.78. The molecule has 0 bridgehead atoms. The minimum absolute atomic E-state index is 0.0726. The minimum atomic E-state index is -4.44. The van der Waals surface area contributed by atoms with Gasteiger partial charge in [0.15, 0.2) is 0 Å². The van der Waals surface area contributed by atoms with Crippen LogP contribution in [0.5, 0.6) is 0 Å². The molecule has 0 radical (unpaired) electrons. The number of carboxylic acid groups (broad SMARTS) is 1. The van der Waals surface area contributed by atoms with E-state index < -0.39 is 29.7 Å². The van der Waals surface area contributed by atoms with Crippen LogP contribution < -0.4 is 5.32 Å². The van der Waals surface area contributed by atoms with E-state index in [-0.39, 0.29) is 12.8 Å².